The van der Waals surface area contributed by atoms with Crippen LogP contribution >= 0.6 is 0 Å². The Bertz CT molecular complexity index is 393. The quantitative estimate of drug-likeness (QED) is 0.174. The molecule has 0 aromatic carbocycles. The van der Waals surface area contributed by atoms with E-state index in [0.29, 0.717) is 12.8 Å². The van der Waals surface area contributed by atoms with Crippen molar-refractivity contribution in [3.63, 3.8) is 0 Å². The number of aliphatic hydroxyl groups excluding tert-OH is 1. The van der Waals surface area contributed by atoms with Gasteiger partial charge in [-0.05, 0) is 38.5 Å². The molecule has 0 saturated carbocycles. The highest BCUT2D eigenvalue weighted by atomic mass is 16.6. The summed E-state index contributed by atoms with van der Waals surface area (Å²) in [5.74, 6) is 0. The van der Waals surface area contributed by atoms with E-state index in [0.717, 1.165) is 51.4 Å². The van der Waals surface area contributed by atoms with Gasteiger partial charge in [-0.2, -0.15) is 0 Å². The van der Waals surface area contributed by atoms with E-state index in [2.05, 4.69) is 6.92 Å². The Morgan fingerprint density at radius 3 is 2.16 bits per heavy atom. The predicted octanol–water partition coefficient (Wildman–Crippen LogP) is 4.92. The molecule has 0 heterocycles. The first-order valence-corrected chi connectivity index (χ1v) is 9.60. The van der Waals surface area contributed by atoms with Crippen molar-refractivity contribution in [2.45, 2.75) is 96.1 Å². The fourth-order valence-corrected chi connectivity index (χ4v) is 2.57. The van der Waals surface area contributed by atoms with Gasteiger partial charge in [-0.3, -0.25) is 14.9 Å². The van der Waals surface area contributed by atoms with E-state index in [-0.39, 0.29) is 11.3 Å². The second kappa shape index (κ2) is 17.3. The molecule has 0 saturated heterocycles. The summed E-state index contributed by atoms with van der Waals surface area (Å²) < 4.78 is 0. The van der Waals surface area contributed by atoms with Gasteiger partial charge in [0, 0.05) is 17.8 Å². The number of unbranched alkanes of at least 4 members (excludes halogenated alkanes) is 8. The van der Waals surface area contributed by atoms with E-state index in [9.17, 15) is 20.0 Å². The Kier molecular flexibility index (Phi) is 16.3. The second-order valence-electron chi connectivity index (χ2n) is 6.43. The minimum absolute atomic E-state index is 0.280. The molecule has 143 valence electrons. The van der Waals surface area contributed by atoms with Crippen LogP contribution < -0.4 is 0 Å². The van der Waals surface area contributed by atoms with Crippen molar-refractivity contribution >= 4 is 6.29 Å². The first-order valence-electron chi connectivity index (χ1n) is 9.60. The SMILES string of the molecule is CCCCC/C=C\CC(C(O)C/C=C\CCCCCC[C]=O)[N+](=O)[O-]. The minimum Gasteiger partial charge on any atom is -0.386 e. The zero-order valence-corrected chi connectivity index (χ0v) is 15.6. The maximum absolute atomic E-state index is 11.1. The molecule has 0 aliphatic rings. The lowest BCUT2D eigenvalue weighted by molar-refractivity contribution is -0.533. The zero-order valence-electron chi connectivity index (χ0n) is 15.6. The first-order chi connectivity index (χ1) is 12.1. The van der Waals surface area contributed by atoms with Crippen molar-refractivity contribution in [3.05, 3.63) is 34.4 Å². The molecule has 0 amide bonds. The largest absolute Gasteiger partial charge is 0.386 e. The highest BCUT2D eigenvalue weighted by Crippen LogP contribution is 2.11. The molecule has 5 heteroatoms. The van der Waals surface area contributed by atoms with Crippen LogP contribution in [0.3, 0.4) is 0 Å². The predicted molar refractivity (Wildman–Crippen MR) is 102 cm³/mol. The van der Waals surface area contributed by atoms with Crippen LogP contribution in [0.4, 0.5) is 0 Å². The topological polar surface area (TPSA) is 80.4 Å². The van der Waals surface area contributed by atoms with Gasteiger partial charge in [0.1, 0.15) is 6.10 Å². The van der Waals surface area contributed by atoms with E-state index in [1.54, 1.807) is 0 Å². The third-order valence-electron chi connectivity index (χ3n) is 4.18. The molecule has 5 nitrogen and oxygen atoms in total. The van der Waals surface area contributed by atoms with E-state index in [4.69, 9.17) is 0 Å². The number of carbonyl (C=O) groups excluding carboxylic acids is 1. The summed E-state index contributed by atoms with van der Waals surface area (Å²) in [6.07, 6.45) is 19.0. The molecule has 0 aromatic heterocycles. The summed E-state index contributed by atoms with van der Waals surface area (Å²) in [7, 11) is 0. The van der Waals surface area contributed by atoms with Gasteiger partial charge in [0.2, 0.25) is 6.04 Å². The Labute approximate surface area is 152 Å². The lowest BCUT2D eigenvalue weighted by atomic mass is 10.0. The van der Waals surface area contributed by atoms with Crippen molar-refractivity contribution in [1.82, 2.24) is 0 Å². The van der Waals surface area contributed by atoms with E-state index < -0.39 is 12.1 Å². The van der Waals surface area contributed by atoms with E-state index in [1.807, 2.05) is 30.6 Å². The van der Waals surface area contributed by atoms with Gasteiger partial charge in [-0.1, -0.05) is 56.9 Å². The van der Waals surface area contributed by atoms with Crippen molar-refractivity contribution in [2.75, 3.05) is 0 Å². The number of nitrogens with zero attached hydrogens (tertiary/aromatic N) is 1. The lowest BCUT2D eigenvalue weighted by Crippen LogP contribution is -2.32. The zero-order chi connectivity index (χ0) is 18.8. The van der Waals surface area contributed by atoms with Crippen LogP contribution in [0, 0.1) is 10.1 Å². The van der Waals surface area contributed by atoms with Gasteiger partial charge in [0.25, 0.3) is 0 Å². The standard InChI is InChI=1S/C20H34NO4/c1-2-3-4-5-10-13-16-19(21(24)25)20(23)17-14-11-8-6-7-9-12-15-18-22/h10-11,13-14,19-20,23H,2-9,12,15-17H2,1H3/b13-10-,14-11-. The summed E-state index contributed by atoms with van der Waals surface area (Å²) in [6, 6.07) is -0.938. The average Bonchev–Trinajstić information content (AvgIpc) is 2.59. The maximum atomic E-state index is 11.1. The third-order valence-corrected chi connectivity index (χ3v) is 4.18. The van der Waals surface area contributed by atoms with E-state index in [1.165, 1.54) is 6.42 Å². The number of hydrogen-bond donors (Lipinski definition) is 1. The Morgan fingerprint density at radius 1 is 0.960 bits per heavy atom. The van der Waals surface area contributed by atoms with Gasteiger partial charge in [-0.25, -0.2) is 0 Å². The smallest absolute Gasteiger partial charge is 0.242 e. The van der Waals surface area contributed by atoms with Gasteiger partial charge in [0.15, 0.2) is 6.29 Å². The number of aliphatic hydroxyl groups is 1. The Balaban J connectivity index is 3.95. The lowest BCUT2D eigenvalue weighted by Gasteiger charge is -2.12. The van der Waals surface area contributed by atoms with Crippen LogP contribution in [0.25, 0.3) is 0 Å². The number of allylic oxidation sites excluding steroid dienone is 2. The summed E-state index contributed by atoms with van der Waals surface area (Å²) in [5.41, 5.74) is 0. The van der Waals surface area contributed by atoms with Crippen molar-refractivity contribution in [1.29, 1.82) is 0 Å². The fraction of sp³-hybridized carbons (Fsp3) is 0.750. The van der Waals surface area contributed by atoms with Gasteiger partial charge in [0.05, 0.1) is 0 Å². The highest BCUT2D eigenvalue weighted by Gasteiger charge is 2.27. The fourth-order valence-electron chi connectivity index (χ4n) is 2.57. The van der Waals surface area contributed by atoms with Crippen LogP contribution in [-0.4, -0.2) is 28.5 Å². The molecule has 0 fully saturated rings. The molecule has 0 spiro atoms. The maximum Gasteiger partial charge on any atom is 0.242 e. The van der Waals surface area contributed by atoms with Crippen LogP contribution in [0.15, 0.2) is 24.3 Å². The second-order valence-corrected chi connectivity index (χ2v) is 6.43. The van der Waals surface area contributed by atoms with Crippen molar-refractivity contribution < 1.29 is 14.8 Å². The molecule has 0 aliphatic carbocycles. The van der Waals surface area contributed by atoms with Crippen molar-refractivity contribution in [3.8, 4) is 0 Å². The Hall–Kier alpha value is -1.49. The molecule has 0 bridgehead atoms. The molecular formula is C20H34NO4. The van der Waals surface area contributed by atoms with E-state index >= 15 is 0 Å². The van der Waals surface area contributed by atoms with Crippen LogP contribution in [0.2, 0.25) is 0 Å². The third kappa shape index (κ3) is 14.6. The minimum atomic E-state index is -0.949. The summed E-state index contributed by atoms with van der Waals surface area (Å²) in [5, 5.41) is 21.2. The molecule has 2 unspecified atom stereocenters. The summed E-state index contributed by atoms with van der Waals surface area (Å²) in [6.45, 7) is 2.14. The first kappa shape index (κ1) is 23.5. The van der Waals surface area contributed by atoms with Crippen molar-refractivity contribution in [2.24, 2.45) is 0 Å². The molecule has 1 N–H and O–H groups in total. The molecule has 0 aromatic rings. The number of nitro groups is 1. The van der Waals surface area contributed by atoms with Gasteiger partial charge < -0.3 is 5.11 Å². The molecule has 25 heavy (non-hydrogen) atoms. The molecule has 2 atom stereocenters. The van der Waals surface area contributed by atoms with Crippen LogP contribution in [0.1, 0.15) is 84.0 Å². The highest BCUT2D eigenvalue weighted by molar-refractivity contribution is 5.50. The van der Waals surface area contributed by atoms with Crippen LogP contribution in [0.5, 0.6) is 0 Å². The summed E-state index contributed by atoms with van der Waals surface area (Å²) >= 11 is 0. The molecule has 1 radical (unpaired) electrons. The Morgan fingerprint density at radius 2 is 1.56 bits per heavy atom. The molecule has 0 rings (SSSR count). The van der Waals surface area contributed by atoms with Gasteiger partial charge >= 0.3 is 0 Å². The summed E-state index contributed by atoms with van der Waals surface area (Å²) in [4.78, 5) is 20.8. The number of hydrogen-bond acceptors (Lipinski definition) is 4. The molecule has 0 aliphatic heterocycles. The monoisotopic (exact) mass is 352 g/mol. The molecular weight excluding hydrogens is 318 g/mol. The normalized spacial score (nSPS) is 14.2. The average molecular weight is 352 g/mol. The van der Waals surface area contributed by atoms with Crippen LogP contribution in [-0.2, 0) is 4.79 Å². The number of rotatable bonds is 17. The van der Waals surface area contributed by atoms with Gasteiger partial charge in [-0.15, -0.1) is 0 Å².